The van der Waals surface area contributed by atoms with Crippen LogP contribution < -0.4 is 22.1 Å². The van der Waals surface area contributed by atoms with Crippen LogP contribution in [0.15, 0.2) is 36.4 Å². The molecule has 228 valence electrons. The van der Waals surface area contributed by atoms with Crippen molar-refractivity contribution in [1.82, 2.24) is 10.6 Å². The van der Waals surface area contributed by atoms with Crippen molar-refractivity contribution in [2.75, 3.05) is 13.1 Å². The number of nitrogens with one attached hydrogen (secondary N) is 2. The zero-order valence-electron chi connectivity index (χ0n) is 25.4. The Morgan fingerprint density at radius 3 is 1.31 bits per heavy atom. The molecule has 2 rings (SSSR count). The number of carbonyl (C=O) groups is 5. The van der Waals surface area contributed by atoms with Crippen LogP contribution in [0.2, 0.25) is 0 Å². The summed E-state index contributed by atoms with van der Waals surface area (Å²) in [6.45, 7) is 9.32. The number of primary amides is 2. The van der Waals surface area contributed by atoms with Gasteiger partial charge in [-0.15, -0.1) is 0 Å². The van der Waals surface area contributed by atoms with Crippen molar-refractivity contribution in [3.8, 4) is 0 Å². The van der Waals surface area contributed by atoms with E-state index in [2.05, 4.69) is 38.3 Å². The SMILES string of the molecule is CCCCC(CC)CNC(=O)c1ccc(C(=O)c2ccc(C(=O)NCC(CC)CCCC)c(C(N)=O)c2)cc1C(N)=O. The normalized spacial score (nSPS) is 12.3. The van der Waals surface area contributed by atoms with E-state index in [1.54, 1.807) is 0 Å². The molecule has 0 aliphatic carbocycles. The van der Waals surface area contributed by atoms with Gasteiger partial charge >= 0.3 is 0 Å². The maximum atomic E-state index is 13.4. The summed E-state index contributed by atoms with van der Waals surface area (Å²) in [6, 6.07) is 8.22. The lowest BCUT2D eigenvalue weighted by molar-refractivity contribution is 0.0927. The molecule has 0 saturated heterocycles. The van der Waals surface area contributed by atoms with E-state index in [0.717, 1.165) is 51.4 Å². The van der Waals surface area contributed by atoms with Gasteiger partial charge in [-0.3, -0.25) is 24.0 Å². The number of rotatable bonds is 18. The highest BCUT2D eigenvalue weighted by atomic mass is 16.2. The summed E-state index contributed by atoms with van der Waals surface area (Å²) in [7, 11) is 0. The number of hydrogen-bond acceptors (Lipinski definition) is 5. The van der Waals surface area contributed by atoms with Gasteiger partial charge in [-0.05, 0) is 48.9 Å². The molecule has 42 heavy (non-hydrogen) atoms. The molecule has 4 amide bonds. The summed E-state index contributed by atoms with van der Waals surface area (Å²) >= 11 is 0. The minimum Gasteiger partial charge on any atom is -0.366 e. The zero-order valence-corrected chi connectivity index (χ0v) is 25.4. The molecule has 0 aliphatic heterocycles. The second-order valence-corrected chi connectivity index (χ2v) is 10.8. The van der Waals surface area contributed by atoms with Gasteiger partial charge in [0.2, 0.25) is 11.8 Å². The molecule has 2 unspecified atom stereocenters. The lowest BCUT2D eigenvalue weighted by Crippen LogP contribution is -2.31. The Labute approximate surface area is 249 Å². The summed E-state index contributed by atoms with van der Waals surface area (Å²) in [6.07, 6.45) is 8.11. The van der Waals surface area contributed by atoms with Gasteiger partial charge in [-0.2, -0.15) is 0 Å². The molecule has 0 bridgehead atoms. The van der Waals surface area contributed by atoms with Crippen molar-refractivity contribution in [3.63, 3.8) is 0 Å². The fraction of sp³-hybridized carbons (Fsp3) is 0.485. The van der Waals surface area contributed by atoms with Crippen LogP contribution in [-0.2, 0) is 0 Å². The zero-order chi connectivity index (χ0) is 31.2. The Bertz CT molecular complexity index is 1180. The van der Waals surface area contributed by atoms with Gasteiger partial charge in [0.1, 0.15) is 0 Å². The molecule has 0 heterocycles. The predicted octanol–water partition coefficient (Wildman–Crippen LogP) is 5.01. The van der Waals surface area contributed by atoms with Crippen LogP contribution in [0.3, 0.4) is 0 Å². The molecule has 9 heteroatoms. The maximum absolute atomic E-state index is 13.4. The van der Waals surface area contributed by atoms with Crippen molar-refractivity contribution in [3.05, 3.63) is 69.8 Å². The number of amides is 4. The highest BCUT2D eigenvalue weighted by Gasteiger charge is 2.22. The predicted molar refractivity (Wildman–Crippen MR) is 165 cm³/mol. The van der Waals surface area contributed by atoms with E-state index in [1.807, 2.05) is 0 Å². The van der Waals surface area contributed by atoms with Crippen molar-refractivity contribution in [1.29, 1.82) is 0 Å². The van der Waals surface area contributed by atoms with Gasteiger partial charge in [0.05, 0.1) is 22.3 Å². The standard InChI is InChI=1S/C33H46N4O5/c1-5-9-11-21(7-3)19-36-32(41)25-15-13-23(17-27(25)30(34)39)29(38)24-14-16-26(28(18-24)31(35)40)33(42)37-20-22(8-4)12-10-6-2/h13-18,21-22H,5-12,19-20H2,1-4H3,(H2,34,39)(H2,35,40)(H,36,41)(H,37,42). The van der Waals surface area contributed by atoms with Crippen molar-refractivity contribution < 1.29 is 24.0 Å². The van der Waals surface area contributed by atoms with Crippen LogP contribution >= 0.6 is 0 Å². The van der Waals surface area contributed by atoms with Gasteiger partial charge in [-0.25, -0.2) is 0 Å². The number of hydrogen-bond donors (Lipinski definition) is 4. The summed E-state index contributed by atoms with van der Waals surface area (Å²) in [5.74, 6) is -2.44. The van der Waals surface area contributed by atoms with Crippen LogP contribution in [0.1, 0.15) is 136 Å². The van der Waals surface area contributed by atoms with E-state index >= 15 is 0 Å². The summed E-state index contributed by atoms with van der Waals surface area (Å²) in [4.78, 5) is 63.7. The average Bonchev–Trinajstić information content (AvgIpc) is 2.99. The highest BCUT2D eigenvalue weighted by molar-refractivity contribution is 6.15. The number of carbonyl (C=O) groups excluding carboxylic acids is 5. The molecule has 6 N–H and O–H groups in total. The Morgan fingerprint density at radius 1 is 0.619 bits per heavy atom. The first kappa shape index (κ1) is 34.2. The molecule has 0 spiro atoms. The van der Waals surface area contributed by atoms with Crippen molar-refractivity contribution in [2.24, 2.45) is 23.3 Å². The van der Waals surface area contributed by atoms with Gasteiger partial charge in [0, 0.05) is 24.2 Å². The van der Waals surface area contributed by atoms with Gasteiger partial charge < -0.3 is 22.1 Å². The first-order chi connectivity index (χ1) is 20.1. The van der Waals surface area contributed by atoms with E-state index in [-0.39, 0.29) is 33.4 Å². The van der Waals surface area contributed by atoms with Gasteiger partial charge in [0.25, 0.3) is 11.8 Å². The Hall–Kier alpha value is -4.01. The Kier molecular flexibility index (Phi) is 13.9. The van der Waals surface area contributed by atoms with Crippen LogP contribution in [0, 0.1) is 11.8 Å². The number of benzene rings is 2. The van der Waals surface area contributed by atoms with E-state index in [4.69, 9.17) is 11.5 Å². The summed E-state index contributed by atoms with van der Waals surface area (Å²) < 4.78 is 0. The maximum Gasteiger partial charge on any atom is 0.252 e. The third-order valence-electron chi connectivity index (χ3n) is 7.77. The van der Waals surface area contributed by atoms with Gasteiger partial charge in [0.15, 0.2) is 5.78 Å². The molecule has 9 nitrogen and oxygen atoms in total. The molecular formula is C33H46N4O5. The average molecular weight is 579 g/mol. The third kappa shape index (κ3) is 9.53. The van der Waals surface area contributed by atoms with Gasteiger partial charge in [-0.1, -0.05) is 78.4 Å². The van der Waals surface area contributed by atoms with E-state index in [0.29, 0.717) is 24.9 Å². The Balaban J connectivity index is 2.27. The summed E-state index contributed by atoms with van der Waals surface area (Å²) in [5, 5.41) is 5.76. The van der Waals surface area contributed by atoms with E-state index < -0.39 is 29.4 Å². The topological polar surface area (TPSA) is 161 Å². The number of unbranched alkanes of at least 4 members (excludes halogenated alkanes) is 2. The second kappa shape index (κ2) is 17.1. The first-order valence-electron chi connectivity index (χ1n) is 15.1. The number of nitrogens with two attached hydrogens (primary N) is 2. The fourth-order valence-electron chi connectivity index (χ4n) is 4.89. The lowest BCUT2D eigenvalue weighted by Gasteiger charge is -2.16. The quantitative estimate of drug-likeness (QED) is 0.183. The second-order valence-electron chi connectivity index (χ2n) is 10.8. The van der Waals surface area contributed by atoms with E-state index in [9.17, 15) is 24.0 Å². The first-order valence-corrected chi connectivity index (χ1v) is 15.1. The minimum atomic E-state index is -0.845. The summed E-state index contributed by atoms with van der Waals surface area (Å²) in [5.41, 5.74) is 11.3. The van der Waals surface area contributed by atoms with Crippen LogP contribution in [-0.4, -0.2) is 42.5 Å². The molecule has 0 aromatic heterocycles. The molecule has 0 radical (unpaired) electrons. The molecule has 2 atom stereocenters. The molecule has 0 aliphatic rings. The third-order valence-corrected chi connectivity index (χ3v) is 7.77. The van der Waals surface area contributed by atoms with Crippen molar-refractivity contribution >= 4 is 29.4 Å². The van der Waals surface area contributed by atoms with Crippen LogP contribution in [0.4, 0.5) is 0 Å². The molecular weight excluding hydrogens is 532 g/mol. The minimum absolute atomic E-state index is 0.0820. The van der Waals surface area contributed by atoms with Crippen LogP contribution in [0.5, 0.6) is 0 Å². The largest absolute Gasteiger partial charge is 0.366 e. The fourth-order valence-corrected chi connectivity index (χ4v) is 4.89. The smallest absolute Gasteiger partial charge is 0.252 e. The highest BCUT2D eigenvalue weighted by Crippen LogP contribution is 2.20. The monoisotopic (exact) mass is 578 g/mol. The Morgan fingerprint density at radius 2 is 1.00 bits per heavy atom. The van der Waals surface area contributed by atoms with Crippen LogP contribution in [0.25, 0.3) is 0 Å². The molecule has 2 aromatic carbocycles. The molecule has 2 aromatic rings. The van der Waals surface area contributed by atoms with Crippen molar-refractivity contribution in [2.45, 2.75) is 79.1 Å². The molecule has 0 saturated carbocycles. The number of ketones is 1. The lowest BCUT2D eigenvalue weighted by atomic mass is 9.94. The molecule has 0 fully saturated rings. The van der Waals surface area contributed by atoms with E-state index in [1.165, 1.54) is 36.4 Å².